The van der Waals surface area contributed by atoms with Crippen LogP contribution in [-0.2, 0) is 6.54 Å². The Labute approximate surface area is 107 Å². The predicted molar refractivity (Wildman–Crippen MR) is 69.6 cm³/mol. The van der Waals surface area contributed by atoms with Gasteiger partial charge in [0.1, 0.15) is 5.82 Å². The van der Waals surface area contributed by atoms with E-state index in [1.807, 2.05) is 6.07 Å². The topological polar surface area (TPSA) is 12.0 Å². The van der Waals surface area contributed by atoms with Gasteiger partial charge in [0.2, 0.25) is 0 Å². The zero-order valence-corrected chi connectivity index (χ0v) is 11.1. The molecular formula is C14H19ClFN. The number of hydrogen-bond acceptors (Lipinski definition) is 1. The fraction of sp³-hybridized carbons (Fsp3) is 0.571. The number of benzene rings is 1. The number of nitrogens with one attached hydrogen (secondary N) is 1. The van der Waals surface area contributed by atoms with Crippen molar-refractivity contribution in [3.8, 4) is 0 Å². The van der Waals surface area contributed by atoms with E-state index in [1.165, 1.54) is 18.9 Å². The van der Waals surface area contributed by atoms with Gasteiger partial charge in [-0.25, -0.2) is 4.39 Å². The van der Waals surface area contributed by atoms with Crippen molar-refractivity contribution in [1.82, 2.24) is 5.32 Å². The van der Waals surface area contributed by atoms with Gasteiger partial charge in [-0.2, -0.15) is 0 Å². The molecule has 0 radical (unpaired) electrons. The lowest BCUT2D eigenvalue weighted by atomic mass is 9.97. The van der Waals surface area contributed by atoms with Crippen molar-refractivity contribution in [3.05, 3.63) is 34.6 Å². The highest BCUT2D eigenvalue weighted by Crippen LogP contribution is 2.31. The summed E-state index contributed by atoms with van der Waals surface area (Å²) in [6, 6.07) is 5.51. The Balaban J connectivity index is 1.96. The summed E-state index contributed by atoms with van der Waals surface area (Å²) >= 11 is 5.93. The molecule has 2 rings (SSSR count). The molecule has 1 aromatic rings. The van der Waals surface area contributed by atoms with E-state index in [-0.39, 0.29) is 10.8 Å². The van der Waals surface area contributed by atoms with Gasteiger partial charge in [0.05, 0.1) is 5.02 Å². The quantitative estimate of drug-likeness (QED) is 0.861. The summed E-state index contributed by atoms with van der Waals surface area (Å²) < 4.78 is 13.3. The van der Waals surface area contributed by atoms with Gasteiger partial charge < -0.3 is 5.32 Å². The standard InChI is InChI=1S/C14H19ClFN/c1-9-6-7-13(10(9)2)17-8-11-4-3-5-12(16)14(11)15/h3-5,9-10,13,17H,6-8H2,1-2H3. The second-order valence-electron chi connectivity index (χ2n) is 5.11. The van der Waals surface area contributed by atoms with Crippen LogP contribution in [0.1, 0.15) is 32.3 Å². The van der Waals surface area contributed by atoms with E-state index in [2.05, 4.69) is 19.2 Å². The van der Waals surface area contributed by atoms with Gasteiger partial charge in [-0.3, -0.25) is 0 Å². The Hall–Kier alpha value is -0.600. The lowest BCUT2D eigenvalue weighted by molar-refractivity contribution is 0.369. The van der Waals surface area contributed by atoms with E-state index >= 15 is 0 Å². The van der Waals surface area contributed by atoms with Crippen LogP contribution in [0.5, 0.6) is 0 Å². The molecule has 1 aliphatic carbocycles. The Morgan fingerprint density at radius 1 is 1.35 bits per heavy atom. The zero-order valence-electron chi connectivity index (χ0n) is 10.3. The molecule has 1 N–H and O–H groups in total. The third-order valence-electron chi connectivity index (χ3n) is 4.05. The molecule has 17 heavy (non-hydrogen) atoms. The Morgan fingerprint density at radius 2 is 2.12 bits per heavy atom. The van der Waals surface area contributed by atoms with Crippen molar-refractivity contribution >= 4 is 11.6 Å². The summed E-state index contributed by atoms with van der Waals surface area (Å²) in [5.41, 5.74) is 0.846. The maximum absolute atomic E-state index is 13.3. The Morgan fingerprint density at radius 3 is 2.76 bits per heavy atom. The highest BCUT2D eigenvalue weighted by molar-refractivity contribution is 6.31. The fourth-order valence-electron chi connectivity index (χ4n) is 2.58. The molecule has 1 saturated carbocycles. The van der Waals surface area contributed by atoms with Crippen molar-refractivity contribution in [2.45, 2.75) is 39.3 Å². The van der Waals surface area contributed by atoms with Gasteiger partial charge in [-0.15, -0.1) is 0 Å². The molecule has 3 heteroatoms. The summed E-state index contributed by atoms with van der Waals surface area (Å²) in [7, 11) is 0. The number of hydrogen-bond donors (Lipinski definition) is 1. The molecule has 0 bridgehead atoms. The van der Waals surface area contributed by atoms with Gasteiger partial charge in [0.25, 0.3) is 0 Å². The van der Waals surface area contributed by atoms with Crippen molar-refractivity contribution in [3.63, 3.8) is 0 Å². The average molecular weight is 256 g/mol. The molecule has 3 atom stereocenters. The highest BCUT2D eigenvalue weighted by atomic mass is 35.5. The van der Waals surface area contributed by atoms with Crippen LogP contribution in [0.25, 0.3) is 0 Å². The smallest absolute Gasteiger partial charge is 0.142 e. The van der Waals surface area contributed by atoms with Crippen molar-refractivity contribution in [1.29, 1.82) is 0 Å². The van der Waals surface area contributed by atoms with Crippen LogP contribution in [-0.4, -0.2) is 6.04 Å². The van der Waals surface area contributed by atoms with E-state index in [0.29, 0.717) is 18.5 Å². The third kappa shape index (κ3) is 2.80. The van der Waals surface area contributed by atoms with E-state index in [1.54, 1.807) is 6.07 Å². The molecule has 1 aromatic carbocycles. The summed E-state index contributed by atoms with van der Waals surface area (Å²) in [5.74, 6) is 1.12. The van der Waals surface area contributed by atoms with Gasteiger partial charge in [-0.1, -0.05) is 37.6 Å². The van der Waals surface area contributed by atoms with Crippen molar-refractivity contribution in [2.24, 2.45) is 11.8 Å². The molecular weight excluding hydrogens is 237 g/mol. The molecule has 0 saturated heterocycles. The van der Waals surface area contributed by atoms with Crippen molar-refractivity contribution in [2.75, 3.05) is 0 Å². The molecule has 0 amide bonds. The van der Waals surface area contributed by atoms with Crippen LogP contribution in [0.15, 0.2) is 18.2 Å². The van der Waals surface area contributed by atoms with E-state index in [0.717, 1.165) is 11.5 Å². The molecule has 1 fully saturated rings. The Bertz CT molecular complexity index is 394. The summed E-state index contributed by atoms with van der Waals surface area (Å²) in [4.78, 5) is 0. The second kappa shape index (κ2) is 5.36. The van der Waals surface area contributed by atoms with Crippen LogP contribution in [0.4, 0.5) is 4.39 Å². The molecule has 0 heterocycles. The SMILES string of the molecule is CC1CCC(NCc2cccc(F)c2Cl)C1C. The molecule has 1 nitrogen and oxygen atoms in total. The normalized spacial score (nSPS) is 28.6. The second-order valence-corrected chi connectivity index (χ2v) is 5.49. The van der Waals surface area contributed by atoms with Crippen LogP contribution in [0, 0.1) is 17.7 Å². The molecule has 0 aromatic heterocycles. The first-order valence-corrected chi connectivity index (χ1v) is 6.63. The summed E-state index contributed by atoms with van der Waals surface area (Å²) in [6.07, 6.45) is 2.48. The van der Waals surface area contributed by atoms with Crippen LogP contribution in [0.3, 0.4) is 0 Å². The van der Waals surface area contributed by atoms with Crippen LogP contribution < -0.4 is 5.32 Å². The van der Waals surface area contributed by atoms with Gasteiger partial charge >= 0.3 is 0 Å². The largest absolute Gasteiger partial charge is 0.310 e. The summed E-state index contributed by atoms with van der Waals surface area (Å²) in [6.45, 7) is 5.22. The van der Waals surface area contributed by atoms with E-state index in [9.17, 15) is 4.39 Å². The Kier molecular flexibility index (Phi) is 4.05. The molecule has 0 spiro atoms. The van der Waals surface area contributed by atoms with Crippen LogP contribution in [0.2, 0.25) is 5.02 Å². The van der Waals surface area contributed by atoms with Gasteiger partial charge in [0.15, 0.2) is 0 Å². The first-order chi connectivity index (χ1) is 8.09. The minimum atomic E-state index is -0.334. The predicted octanol–water partition coefficient (Wildman–Crippen LogP) is 4.00. The first-order valence-electron chi connectivity index (χ1n) is 6.26. The fourth-order valence-corrected chi connectivity index (χ4v) is 2.77. The highest BCUT2D eigenvalue weighted by Gasteiger charge is 2.29. The van der Waals surface area contributed by atoms with Crippen LogP contribution >= 0.6 is 11.6 Å². The van der Waals surface area contributed by atoms with Crippen molar-refractivity contribution < 1.29 is 4.39 Å². The van der Waals surface area contributed by atoms with Gasteiger partial charge in [-0.05, 0) is 36.3 Å². The molecule has 0 aliphatic heterocycles. The maximum atomic E-state index is 13.3. The number of rotatable bonds is 3. The maximum Gasteiger partial charge on any atom is 0.142 e. The van der Waals surface area contributed by atoms with E-state index in [4.69, 9.17) is 11.6 Å². The minimum Gasteiger partial charge on any atom is -0.310 e. The van der Waals surface area contributed by atoms with E-state index < -0.39 is 0 Å². The monoisotopic (exact) mass is 255 g/mol. The zero-order chi connectivity index (χ0) is 12.4. The molecule has 94 valence electrons. The lowest BCUT2D eigenvalue weighted by Gasteiger charge is -2.20. The lowest BCUT2D eigenvalue weighted by Crippen LogP contribution is -2.32. The van der Waals surface area contributed by atoms with Gasteiger partial charge in [0, 0.05) is 12.6 Å². The first kappa shape index (κ1) is 12.8. The summed E-state index contributed by atoms with van der Waals surface area (Å²) in [5, 5.41) is 3.74. The average Bonchev–Trinajstić information content (AvgIpc) is 2.62. The molecule has 1 aliphatic rings. The third-order valence-corrected chi connectivity index (χ3v) is 4.47. The number of halogens is 2. The molecule has 3 unspecified atom stereocenters. The minimum absolute atomic E-state index is 0.249.